The Morgan fingerprint density at radius 2 is 2.20 bits per heavy atom. The zero-order valence-electron chi connectivity index (χ0n) is 9.66. The fraction of sp³-hybridized carbons (Fsp3) is 0.615. The number of nitrogens with one attached hydrogen (secondary N) is 1. The molecule has 1 fully saturated rings. The number of anilines is 1. The summed E-state index contributed by atoms with van der Waals surface area (Å²) in [5, 5.41) is 3.56. The average Bonchev–Trinajstić information content (AvgIpc) is 2.23. The van der Waals surface area contributed by atoms with Crippen LogP contribution in [0, 0.1) is 5.41 Å². The first-order chi connectivity index (χ1) is 7.18. The SMILES string of the molecule is CC1(C)CCCCC1Nc1ccccn1. The van der Waals surface area contributed by atoms with Crippen LogP contribution in [0.5, 0.6) is 0 Å². The van der Waals surface area contributed by atoms with Crippen LogP contribution in [0.2, 0.25) is 0 Å². The van der Waals surface area contributed by atoms with Crippen LogP contribution < -0.4 is 5.32 Å². The quantitative estimate of drug-likeness (QED) is 0.798. The lowest BCUT2D eigenvalue weighted by atomic mass is 9.73. The molecule has 1 aliphatic rings. The summed E-state index contributed by atoms with van der Waals surface area (Å²) in [7, 11) is 0. The van der Waals surface area contributed by atoms with Gasteiger partial charge in [-0.05, 0) is 30.4 Å². The molecule has 1 aromatic heterocycles. The monoisotopic (exact) mass is 204 g/mol. The van der Waals surface area contributed by atoms with Crippen molar-refractivity contribution in [2.75, 3.05) is 5.32 Å². The van der Waals surface area contributed by atoms with Crippen molar-refractivity contribution in [2.45, 2.75) is 45.6 Å². The summed E-state index contributed by atoms with van der Waals surface area (Å²) >= 11 is 0. The summed E-state index contributed by atoms with van der Waals surface area (Å²) in [5.41, 5.74) is 0.399. The third kappa shape index (κ3) is 2.49. The third-order valence-electron chi connectivity index (χ3n) is 3.49. The van der Waals surface area contributed by atoms with Gasteiger partial charge in [0.1, 0.15) is 5.82 Å². The van der Waals surface area contributed by atoms with E-state index < -0.39 is 0 Å². The van der Waals surface area contributed by atoms with Gasteiger partial charge in [-0.25, -0.2) is 4.98 Å². The second-order valence-electron chi connectivity index (χ2n) is 5.15. The zero-order chi connectivity index (χ0) is 10.7. The third-order valence-corrected chi connectivity index (χ3v) is 3.49. The Morgan fingerprint density at radius 3 is 2.87 bits per heavy atom. The zero-order valence-corrected chi connectivity index (χ0v) is 9.66. The predicted octanol–water partition coefficient (Wildman–Crippen LogP) is 3.46. The Morgan fingerprint density at radius 1 is 1.33 bits per heavy atom. The molecule has 0 saturated heterocycles. The Kier molecular flexibility index (Phi) is 2.94. The summed E-state index contributed by atoms with van der Waals surface area (Å²) in [4.78, 5) is 4.33. The second kappa shape index (κ2) is 4.21. The van der Waals surface area contributed by atoms with Crippen molar-refractivity contribution in [2.24, 2.45) is 5.41 Å². The van der Waals surface area contributed by atoms with Crippen molar-refractivity contribution in [3.63, 3.8) is 0 Å². The van der Waals surface area contributed by atoms with E-state index in [1.54, 1.807) is 0 Å². The summed E-state index contributed by atoms with van der Waals surface area (Å²) in [6, 6.07) is 6.61. The molecular weight excluding hydrogens is 184 g/mol. The van der Waals surface area contributed by atoms with Crippen LogP contribution in [0.25, 0.3) is 0 Å². The Balaban J connectivity index is 2.05. The first-order valence-electron chi connectivity index (χ1n) is 5.86. The Hall–Kier alpha value is -1.05. The first-order valence-corrected chi connectivity index (χ1v) is 5.86. The molecule has 0 amide bonds. The minimum absolute atomic E-state index is 0.399. The van der Waals surface area contributed by atoms with Gasteiger partial charge >= 0.3 is 0 Å². The van der Waals surface area contributed by atoms with Crippen molar-refractivity contribution >= 4 is 5.82 Å². The molecule has 2 heteroatoms. The molecule has 1 heterocycles. The average molecular weight is 204 g/mol. The molecule has 1 aromatic rings. The number of hydrogen-bond donors (Lipinski definition) is 1. The van der Waals surface area contributed by atoms with Crippen molar-refractivity contribution in [3.05, 3.63) is 24.4 Å². The molecule has 0 aliphatic heterocycles. The highest BCUT2D eigenvalue weighted by molar-refractivity contribution is 5.35. The highest BCUT2D eigenvalue weighted by atomic mass is 15.0. The first kappa shape index (κ1) is 10.5. The molecule has 15 heavy (non-hydrogen) atoms. The van der Waals surface area contributed by atoms with Crippen LogP contribution in [-0.4, -0.2) is 11.0 Å². The fourth-order valence-electron chi connectivity index (χ4n) is 2.39. The number of hydrogen-bond acceptors (Lipinski definition) is 2. The fourth-order valence-corrected chi connectivity index (χ4v) is 2.39. The molecule has 0 spiro atoms. The van der Waals surface area contributed by atoms with E-state index in [2.05, 4.69) is 24.1 Å². The standard InChI is InChI=1S/C13H20N2/c1-13(2)9-5-3-7-11(13)15-12-8-4-6-10-14-12/h4,6,8,10-11H,3,5,7,9H2,1-2H3,(H,14,15). The molecule has 1 N–H and O–H groups in total. The number of aromatic nitrogens is 1. The number of rotatable bonds is 2. The largest absolute Gasteiger partial charge is 0.367 e. The molecule has 0 bridgehead atoms. The minimum atomic E-state index is 0.399. The van der Waals surface area contributed by atoms with E-state index >= 15 is 0 Å². The maximum absolute atomic E-state index is 4.33. The summed E-state index contributed by atoms with van der Waals surface area (Å²) in [5.74, 6) is 1.01. The molecule has 2 nitrogen and oxygen atoms in total. The molecule has 1 unspecified atom stereocenters. The highest BCUT2D eigenvalue weighted by Crippen LogP contribution is 2.36. The Labute approximate surface area is 92.1 Å². The second-order valence-corrected chi connectivity index (χ2v) is 5.15. The topological polar surface area (TPSA) is 24.9 Å². The lowest BCUT2D eigenvalue weighted by Crippen LogP contribution is -2.39. The van der Waals surface area contributed by atoms with Gasteiger partial charge < -0.3 is 5.32 Å². The van der Waals surface area contributed by atoms with Gasteiger partial charge in [-0.15, -0.1) is 0 Å². The van der Waals surface area contributed by atoms with E-state index in [1.807, 2.05) is 24.4 Å². The molecule has 1 aliphatic carbocycles. The van der Waals surface area contributed by atoms with Crippen LogP contribution in [0.3, 0.4) is 0 Å². The lowest BCUT2D eigenvalue weighted by molar-refractivity contribution is 0.216. The van der Waals surface area contributed by atoms with E-state index in [9.17, 15) is 0 Å². The van der Waals surface area contributed by atoms with Gasteiger partial charge in [-0.3, -0.25) is 0 Å². The van der Waals surface area contributed by atoms with Crippen molar-refractivity contribution in [1.29, 1.82) is 0 Å². The Bertz CT molecular complexity index is 306. The maximum atomic E-state index is 4.33. The lowest BCUT2D eigenvalue weighted by Gasteiger charge is -2.39. The summed E-state index contributed by atoms with van der Waals surface area (Å²) < 4.78 is 0. The van der Waals surface area contributed by atoms with Gasteiger partial charge in [0.05, 0.1) is 0 Å². The molecule has 1 saturated carbocycles. The van der Waals surface area contributed by atoms with Crippen LogP contribution in [0.4, 0.5) is 5.82 Å². The normalized spacial score (nSPS) is 24.8. The van der Waals surface area contributed by atoms with Crippen LogP contribution in [-0.2, 0) is 0 Å². The van der Waals surface area contributed by atoms with Crippen LogP contribution in [0.1, 0.15) is 39.5 Å². The highest BCUT2D eigenvalue weighted by Gasteiger charge is 2.32. The van der Waals surface area contributed by atoms with E-state index in [-0.39, 0.29) is 0 Å². The van der Waals surface area contributed by atoms with Gasteiger partial charge in [-0.1, -0.05) is 32.8 Å². The smallest absolute Gasteiger partial charge is 0.126 e. The van der Waals surface area contributed by atoms with Crippen molar-refractivity contribution in [1.82, 2.24) is 4.98 Å². The summed E-state index contributed by atoms with van der Waals surface area (Å²) in [6.45, 7) is 4.71. The van der Waals surface area contributed by atoms with Crippen LogP contribution >= 0.6 is 0 Å². The van der Waals surface area contributed by atoms with E-state index in [0.29, 0.717) is 11.5 Å². The molecule has 1 atom stereocenters. The molecule has 0 radical (unpaired) electrons. The van der Waals surface area contributed by atoms with E-state index in [1.165, 1.54) is 25.7 Å². The number of nitrogens with zero attached hydrogens (tertiary/aromatic N) is 1. The van der Waals surface area contributed by atoms with Crippen molar-refractivity contribution in [3.8, 4) is 0 Å². The van der Waals surface area contributed by atoms with Gasteiger partial charge in [0, 0.05) is 12.2 Å². The molecule has 2 rings (SSSR count). The molecule has 82 valence electrons. The maximum Gasteiger partial charge on any atom is 0.126 e. The molecule has 0 aromatic carbocycles. The van der Waals surface area contributed by atoms with Gasteiger partial charge in [0.2, 0.25) is 0 Å². The van der Waals surface area contributed by atoms with Gasteiger partial charge in [0.25, 0.3) is 0 Å². The molecular formula is C13H20N2. The summed E-state index contributed by atoms with van der Waals surface area (Å²) in [6.07, 6.45) is 7.14. The minimum Gasteiger partial charge on any atom is -0.367 e. The van der Waals surface area contributed by atoms with Gasteiger partial charge in [-0.2, -0.15) is 0 Å². The number of pyridine rings is 1. The van der Waals surface area contributed by atoms with Crippen molar-refractivity contribution < 1.29 is 0 Å². The van der Waals surface area contributed by atoms with Gasteiger partial charge in [0.15, 0.2) is 0 Å². The predicted molar refractivity (Wildman–Crippen MR) is 63.9 cm³/mol. The van der Waals surface area contributed by atoms with Crippen LogP contribution in [0.15, 0.2) is 24.4 Å². The van der Waals surface area contributed by atoms with E-state index in [4.69, 9.17) is 0 Å². The van der Waals surface area contributed by atoms with E-state index in [0.717, 1.165) is 5.82 Å².